The van der Waals surface area contributed by atoms with Crippen LogP contribution >= 0.6 is 0 Å². The molecule has 0 aromatic heterocycles. The van der Waals surface area contributed by atoms with Gasteiger partial charge in [0.15, 0.2) is 0 Å². The molecule has 1 aliphatic rings. The van der Waals surface area contributed by atoms with Crippen molar-refractivity contribution in [3.05, 3.63) is 102 Å². The molecule has 1 amide bonds. The monoisotopic (exact) mass is 540 g/mol. The molecule has 1 fully saturated rings. The predicted molar refractivity (Wildman–Crippen MR) is 151 cm³/mol. The molecule has 0 bridgehead atoms. The van der Waals surface area contributed by atoms with Crippen LogP contribution in [-0.4, -0.2) is 37.1 Å². The maximum Gasteiger partial charge on any atom is 0.226 e. The number of carbonyl (C=O) groups excluding carboxylic acids is 1. The zero-order valence-electron chi connectivity index (χ0n) is 22.8. The van der Waals surface area contributed by atoms with Crippen LogP contribution in [0.2, 0.25) is 0 Å². The number of hydrogen-bond acceptors (Lipinski definition) is 3. The first-order chi connectivity index (χ1) is 18.8. The average molecular weight is 541 g/mol. The third kappa shape index (κ3) is 9.74. The maximum atomic E-state index is 13.8. The number of likely N-dealkylation sites (tertiary alicyclic amines) is 1. The topological polar surface area (TPSA) is 41.6 Å². The second kappa shape index (κ2) is 15.3. The van der Waals surface area contributed by atoms with Gasteiger partial charge in [0.05, 0.1) is 0 Å². The molecule has 0 spiro atoms. The summed E-state index contributed by atoms with van der Waals surface area (Å²) in [5, 5.41) is 2.98. The summed E-state index contributed by atoms with van der Waals surface area (Å²) in [6.07, 6.45) is 5.93. The Labute approximate surface area is 230 Å². The van der Waals surface area contributed by atoms with E-state index in [-0.39, 0.29) is 29.8 Å². The van der Waals surface area contributed by atoms with E-state index in [1.165, 1.54) is 35.9 Å². The summed E-state index contributed by atoms with van der Waals surface area (Å²) in [6, 6.07) is 14.1. The molecule has 1 heterocycles. The normalized spacial score (nSPS) is 16.3. The van der Waals surface area contributed by atoms with Crippen LogP contribution in [0.15, 0.2) is 84.9 Å². The van der Waals surface area contributed by atoms with Gasteiger partial charge in [-0.3, -0.25) is 4.79 Å². The summed E-state index contributed by atoms with van der Waals surface area (Å²) in [5.74, 6) is -0.407. The van der Waals surface area contributed by atoms with Crippen molar-refractivity contribution in [2.75, 3.05) is 31.6 Å². The minimum Gasteiger partial charge on any atom is -0.488 e. The third-order valence-electron chi connectivity index (χ3n) is 6.94. The largest absolute Gasteiger partial charge is 0.488 e. The van der Waals surface area contributed by atoms with Crippen LogP contribution in [0.25, 0.3) is 0 Å². The number of nitrogens with zero attached hydrogens (tertiary/aromatic N) is 1. The van der Waals surface area contributed by atoms with E-state index in [0.717, 1.165) is 43.7 Å². The standard InChI is InChI=1S/C32H39F3N2O2/c1-4-6-27(34)13-14-30(22-33)39-31(25-9-11-28(35)12-10-25)17-20-37-18-15-24(16-19-37)26-7-5-8-29(21-26)36-32(38)23(2)3/h4-12,14,21,23-24,31H,1,13,15-20,22H2,2-3H3,(H,36,38)/b27-6+,30-14+. The fourth-order valence-corrected chi connectivity index (χ4v) is 4.64. The van der Waals surface area contributed by atoms with Gasteiger partial charge >= 0.3 is 0 Å². The maximum absolute atomic E-state index is 13.8. The van der Waals surface area contributed by atoms with E-state index in [1.807, 2.05) is 26.0 Å². The number of carbonyl (C=O) groups is 1. The Morgan fingerprint density at radius 3 is 2.54 bits per heavy atom. The number of ether oxygens (including phenoxy) is 1. The Morgan fingerprint density at radius 1 is 1.18 bits per heavy atom. The van der Waals surface area contributed by atoms with Crippen molar-refractivity contribution >= 4 is 11.6 Å². The second-order valence-corrected chi connectivity index (χ2v) is 10.2. The van der Waals surface area contributed by atoms with Gasteiger partial charge in [0.25, 0.3) is 0 Å². The number of piperidine rings is 1. The van der Waals surface area contributed by atoms with Crippen molar-refractivity contribution in [2.45, 2.75) is 51.6 Å². The van der Waals surface area contributed by atoms with E-state index in [4.69, 9.17) is 4.74 Å². The van der Waals surface area contributed by atoms with Crippen LogP contribution in [0, 0.1) is 11.7 Å². The van der Waals surface area contributed by atoms with Gasteiger partial charge < -0.3 is 15.0 Å². The van der Waals surface area contributed by atoms with E-state index in [0.29, 0.717) is 12.3 Å². The predicted octanol–water partition coefficient (Wildman–Crippen LogP) is 8.03. The first-order valence-electron chi connectivity index (χ1n) is 13.6. The van der Waals surface area contributed by atoms with E-state index in [1.54, 1.807) is 12.1 Å². The summed E-state index contributed by atoms with van der Waals surface area (Å²) in [7, 11) is 0. The first-order valence-corrected chi connectivity index (χ1v) is 13.6. The Balaban J connectivity index is 1.60. The van der Waals surface area contributed by atoms with E-state index in [9.17, 15) is 18.0 Å². The Kier molecular flexibility index (Phi) is 11.9. The van der Waals surface area contributed by atoms with E-state index >= 15 is 0 Å². The van der Waals surface area contributed by atoms with Crippen molar-refractivity contribution in [3.63, 3.8) is 0 Å². The Bertz CT molecular complexity index is 1140. The molecule has 1 saturated heterocycles. The number of alkyl halides is 1. The second-order valence-electron chi connectivity index (χ2n) is 10.2. The van der Waals surface area contributed by atoms with E-state index in [2.05, 4.69) is 28.9 Å². The molecule has 0 saturated carbocycles. The lowest BCUT2D eigenvalue weighted by Crippen LogP contribution is -2.34. The molecule has 7 heteroatoms. The number of rotatable bonds is 13. The van der Waals surface area contributed by atoms with Gasteiger partial charge in [-0.05, 0) is 79.4 Å². The minimum atomic E-state index is -0.860. The highest BCUT2D eigenvalue weighted by atomic mass is 19.1. The quantitative estimate of drug-likeness (QED) is 0.207. The molecule has 210 valence electrons. The van der Waals surface area contributed by atoms with Crippen LogP contribution in [0.1, 0.15) is 62.7 Å². The smallest absolute Gasteiger partial charge is 0.226 e. The van der Waals surface area contributed by atoms with Crippen molar-refractivity contribution < 1.29 is 22.7 Å². The van der Waals surface area contributed by atoms with Gasteiger partial charge in [-0.1, -0.05) is 50.8 Å². The number of halogens is 3. The number of amides is 1. The molecule has 4 nitrogen and oxygen atoms in total. The van der Waals surface area contributed by atoms with Gasteiger partial charge in [-0.25, -0.2) is 13.2 Å². The molecule has 1 unspecified atom stereocenters. The van der Waals surface area contributed by atoms with Crippen molar-refractivity contribution in [3.8, 4) is 0 Å². The molecule has 1 aliphatic heterocycles. The minimum absolute atomic E-state index is 0.00372. The van der Waals surface area contributed by atoms with Crippen LogP contribution in [0.4, 0.5) is 18.9 Å². The molecule has 39 heavy (non-hydrogen) atoms. The van der Waals surface area contributed by atoms with Crippen LogP contribution < -0.4 is 5.32 Å². The lowest BCUT2D eigenvalue weighted by molar-refractivity contribution is -0.118. The van der Waals surface area contributed by atoms with Gasteiger partial charge in [0, 0.05) is 31.0 Å². The molecule has 2 aromatic rings. The summed E-state index contributed by atoms with van der Waals surface area (Å²) in [4.78, 5) is 14.4. The first kappa shape index (κ1) is 30.2. The van der Waals surface area contributed by atoms with Crippen LogP contribution in [0.3, 0.4) is 0 Å². The van der Waals surface area contributed by atoms with E-state index < -0.39 is 18.6 Å². The van der Waals surface area contributed by atoms with Crippen molar-refractivity contribution in [1.29, 1.82) is 0 Å². The van der Waals surface area contributed by atoms with Gasteiger partial charge in [0.1, 0.15) is 30.2 Å². The van der Waals surface area contributed by atoms with Gasteiger partial charge in [-0.2, -0.15) is 0 Å². The molecule has 0 radical (unpaired) electrons. The number of anilines is 1. The molecule has 2 aromatic carbocycles. The summed E-state index contributed by atoms with van der Waals surface area (Å²) >= 11 is 0. The summed E-state index contributed by atoms with van der Waals surface area (Å²) in [6.45, 7) is 8.86. The third-order valence-corrected chi connectivity index (χ3v) is 6.94. The molecule has 1 N–H and O–H groups in total. The number of allylic oxidation sites excluding steroid dienone is 5. The highest BCUT2D eigenvalue weighted by molar-refractivity contribution is 5.92. The molecular weight excluding hydrogens is 501 g/mol. The van der Waals surface area contributed by atoms with Crippen molar-refractivity contribution in [2.24, 2.45) is 5.92 Å². The number of benzene rings is 2. The molecule has 3 rings (SSSR count). The zero-order chi connectivity index (χ0) is 28.2. The SMILES string of the molecule is C=C/C=C(/F)C/C=C(\CF)OC(CCN1CCC(c2cccc(NC(=O)C(C)C)c2)CC1)c1ccc(F)cc1. The summed E-state index contributed by atoms with van der Waals surface area (Å²) in [5.41, 5.74) is 2.79. The number of hydrogen-bond donors (Lipinski definition) is 1. The average Bonchev–Trinajstić information content (AvgIpc) is 2.94. The molecular formula is C32H39F3N2O2. The van der Waals surface area contributed by atoms with Crippen molar-refractivity contribution in [1.82, 2.24) is 4.90 Å². The Morgan fingerprint density at radius 2 is 1.90 bits per heavy atom. The lowest BCUT2D eigenvalue weighted by Gasteiger charge is -2.33. The highest BCUT2D eigenvalue weighted by Gasteiger charge is 2.23. The fraction of sp³-hybridized carbons (Fsp3) is 0.406. The number of nitrogens with one attached hydrogen (secondary N) is 1. The molecule has 1 atom stereocenters. The fourth-order valence-electron chi connectivity index (χ4n) is 4.64. The van der Waals surface area contributed by atoms with Gasteiger partial charge in [0.2, 0.25) is 5.91 Å². The molecule has 0 aliphatic carbocycles. The Hall–Kier alpha value is -3.32. The zero-order valence-corrected chi connectivity index (χ0v) is 22.8. The van der Waals surface area contributed by atoms with Crippen LogP contribution in [0.5, 0.6) is 0 Å². The summed E-state index contributed by atoms with van der Waals surface area (Å²) < 4.78 is 47.0. The highest BCUT2D eigenvalue weighted by Crippen LogP contribution is 2.31. The van der Waals surface area contributed by atoms with Gasteiger partial charge in [-0.15, -0.1) is 0 Å². The lowest BCUT2D eigenvalue weighted by atomic mass is 9.89. The van der Waals surface area contributed by atoms with Crippen LogP contribution in [-0.2, 0) is 9.53 Å².